The Morgan fingerprint density at radius 3 is 2.81 bits per heavy atom. The van der Waals surface area contributed by atoms with Crippen LogP contribution in [0.3, 0.4) is 0 Å². The maximum Gasteiger partial charge on any atom is 0.307 e. The molecule has 1 aliphatic rings. The van der Waals surface area contributed by atoms with Crippen LogP contribution in [0.4, 0.5) is 0 Å². The summed E-state index contributed by atoms with van der Waals surface area (Å²) in [6, 6.07) is 3.29. The first-order valence-electron chi connectivity index (χ1n) is 5.16. The summed E-state index contributed by atoms with van der Waals surface area (Å²) in [6.07, 6.45) is 1.97. The van der Waals surface area contributed by atoms with Gasteiger partial charge in [-0.3, -0.25) is 9.59 Å². The second-order valence-electron chi connectivity index (χ2n) is 4.03. The molecule has 0 bridgehead atoms. The van der Waals surface area contributed by atoms with E-state index in [9.17, 15) is 9.59 Å². The van der Waals surface area contributed by atoms with E-state index in [0.717, 1.165) is 0 Å². The van der Waals surface area contributed by atoms with Gasteiger partial charge in [-0.25, -0.2) is 0 Å². The van der Waals surface area contributed by atoms with Crippen LogP contribution in [0.15, 0.2) is 22.8 Å². The Hall–Kier alpha value is -1.78. The number of carboxylic acid groups (broad SMARTS) is 1. The van der Waals surface area contributed by atoms with Crippen LogP contribution in [-0.2, 0) is 9.59 Å². The fourth-order valence-corrected chi connectivity index (χ4v) is 1.69. The van der Waals surface area contributed by atoms with Crippen molar-refractivity contribution in [2.24, 2.45) is 11.8 Å². The molecule has 1 saturated carbocycles. The topological polar surface area (TPSA) is 79.5 Å². The zero-order chi connectivity index (χ0) is 11.7. The predicted molar refractivity (Wildman–Crippen MR) is 54.5 cm³/mol. The van der Waals surface area contributed by atoms with Crippen molar-refractivity contribution in [2.45, 2.75) is 19.4 Å². The molecule has 1 aliphatic carbocycles. The van der Waals surface area contributed by atoms with Gasteiger partial charge in [-0.1, -0.05) is 0 Å². The van der Waals surface area contributed by atoms with Crippen LogP contribution in [0.2, 0.25) is 0 Å². The third kappa shape index (κ3) is 2.08. The monoisotopic (exact) mass is 223 g/mol. The average Bonchev–Trinajstić information content (AvgIpc) is 2.85. The molecule has 0 aromatic carbocycles. The standard InChI is InChI=1S/C11H13NO4/c1-6(9-3-2-4-16-9)12-10(13)7-5-8(7)11(14)15/h2-4,6-8H,5H2,1H3,(H,12,13)(H,14,15)/t6-,7?,8?/m0/s1. The summed E-state index contributed by atoms with van der Waals surface area (Å²) in [7, 11) is 0. The molecule has 0 aliphatic heterocycles. The van der Waals surface area contributed by atoms with Gasteiger partial charge in [0.1, 0.15) is 5.76 Å². The lowest BCUT2D eigenvalue weighted by Gasteiger charge is -2.10. The van der Waals surface area contributed by atoms with Crippen LogP contribution < -0.4 is 5.32 Å². The summed E-state index contributed by atoms with van der Waals surface area (Å²) in [5.41, 5.74) is 0. The van der Waals surface area contributed by atoms with E-state index >= 15 is 0 Å². The number of aliphatic carboxylic acids is 1. The average molecular weight is 223 g/mol. The Balaban J connectivity index is 1.87. The van der Waals surface area contributed by atoms with Crippen LogP contribution in [0, 0.1) is 11.8 Å². The van der Waals surface area contributed by atoms with Crippen molar-refractivity contribution < 1.29 is 19.1 Å². The zero-order valence-corrected chi connectivity index (χ0v) is 8.84. The highest BCUT2D eigenvalue weighted by atomic mass is 16.4. The second-order valence-corrected chi connectivity index (χ2v) is 4.03. The highest BCUT2D eigenvalue weighted by Crippen LogP contribution is 2.39. The van der Waals surface area contributed by atoms with Crippen molar-refractivity contribution in [3.8, 4) is 0 Å². The Morgan fingerprint density at radius 2 is 2.31 bits per heavy atom. The first-order chi connectivity index (χ1) is 7.59. The minimum atomic E-state index is -0.897. The first kappa shape index (κ1) is 10.7. The van der Waals surface area contributed by atoms with Gasteiger partial charge in [0.25, 0.3) is 0 Å². The number of carbonyl (C=O) groups excluding carboxylic acids is 1. The lowest BCUT2D eigenvalue weighted by atomic mass is 10.2. The highest BCUT2D eigenvalue weighted by Gasteiger charge is 2.48. The second kappa shape index (κ2) is 4.00. The molecule has 86 valence electrons. The highest BCUT2D eigenvalue weighted by molar-refractivity contribution is 5.89. The van der Waals surface area contributed by atoms with E-state index in [1.54, 1.807) is 19.1 Å². The Labute approximate surface area is 92.4 Å². The summed E-state index contributed by atoms with van der Waals surface area (Å²) in [5, 5.41) is 11.4. The van der Waals surface area contributed by atoms with E-state index in [-0.39, 0.29) is 17.9 Å². The smallest absolute Gasteiger partial charge is 0.307 e. The summed E-state index contributed by atoms with van der Waals surface area (Å²) >= 11 is 0. The first-order valence-corrected chi connectivity index (χ1v) is 5.16. The summed E-state index contributed by atoms with van der Waals surface area (Å²) in [6.45, 7) is 1.80. The van der Waals surface area contributed by atoms with Crippen LogP contribution in [-0.4, -0.2) is 17.0 Å². The van der Waals surface area contributed by atoms with Gasteiger partial charge in [0.2, 0.25) is 5.91 Å². The Bertz CT molecular complexity index is 398. The fourth-order valence-electron chi connectivity index (χ4n) is 1.69. The van der Waals surface area contributed by atoms with Gasteiger partial charge in [0.05, 0.1) is 24.1 Å². The number of furan rings is 1. The lowest BCUT2D eigenvalue weighted by molar-refractivity contribution is -0.140. The van der Waals surface area contributed by atoms with Gasteiger partial charge in [0.15, 0.2) is 0 Å². The Morgan fingerprint density at radius 1 is 1.56 bits per heavy atom. The van der Waals surface area contributed by atoms with E-state index in [4.69, 9.17) is 9.52 Å². The van der Waals surface area contributed by atoms with Crippen LogP contribution in [0.5, 0.6) is 0 Å². The van der Waals surface area contributed by atoms with Gasteiger partial charge < -0.3 is 14.8 Å². The SMILES string of the molecule is C[C@H](NC(=O)C1CC1C(=O)O)c1ccco1. The molecule has 2 unspecified atom stereocenters. The zero-order valence-electron chi connectivity index (χ0n) is 8.84. The number of carboxylic acids is 1. The number of amides is 1. The molecular formula is C11H13NO4. The molecule has 1 aromatic heterocycles. The molecule has 0 saturated heterocycles. The molecule has 1 heterocycles. The van der Waals surface area contributed by atoms with E-state index < -0.39 is 11.9 Å². The largest absolute Gasteiger partial charge is 0.481 e. The summed E-state index contributed by atoms with van der Waals surface area (Å²) in [5.74, 6) is -1.33. The van der Waals surface area contributed by atoms with E-state index in [0.29, 0.717) is 12.2 Å². The normalized spacial score (nSPS) is 24.8. The van der Waals surface area contributed by atoms with Gasteiger partial charge >= 0.3 is 5.97 Å². The molecule has 16 heavy (non-hydrogen) atoms. The van der Waals surface area contributed by atoms with Crippen LogP contribution >= 0.6 is 0 Å². The summed E-state index contributed by atoms with van der Waals surface area (Å²) in [4.78, 5) is 22.2. The van der Waals surface area contributed by atoms with Crippen LogP contribution in [0.1, 0.15) is 25.1 Å². The minimum Gasteiger partial charge on any atom is -0.481 e. The minimum absolute atomic E-state index is 0.212. The molecule has 1 fully saturated rings. The molecule has 1 amide bonds. The molecular weight excluding hydrogens is 210 g/mol. The molecule has 3 atom stereocenters. The number of hydrogen-bond acceptors (Lipinski definition) is 3. The molecule has 0 spiro atoms. The van der Waals surface area contributed by atoms with Gasteiger partial charge in [-0.15, -0.1) is 0 Å². The number of nitrogens with one attached hydrogen (secondary N) is 1. The van der Waals surface area contributed by atoms with Crippen molar-refractivity contribution in [1.29, 1.82) is 0 Å². The maximum atomic E-state index is 11.6. The van der Waals surface area contributed by atoms with Crippen molar-refractivity contribution >= 4 is 11.9 Å². The van der Waals surface area contributed by atoms with E-state index in [2.05, 4.69) is 5.32 Å². The molecule has 5 heteroatoms. The van der Waals surface area contributed by atoms with Crippen molar-refractivity contribution in [3.05, 3.63) is 24.2 Å². The van der Waals surface area contributed by atoms with Gasteiger partial charge in [-0.05, 0) is 25.5 Å². The number of hydrogen-bond donors (Lipinski definition) is 2. The van der Waals surface area contributed by atoms with Gasteiger partial charge in [-0.2, -0.15) is 0 Å². The van der Waals surface area contributed by atoms with E-state index in [1.807, 2.05) is 0 Å². The molecule has 1 aromatic rings. The number of carbonyl (C=O) groups is 2. The van der Waals surface area contributed by atoms with Crippen molar-refractivity contribution in [1.82, 2.24) is 5.32 Å². The quantitative estimate of drug-likeness (QED) is 0.803. The third-order valence-electron chi connectivity index (χ3n) is 2.77. The molecule has 2 N–H and O–H groups in total. The van der Waals surface area contributed by atoms with Gasteiger partial charge in [0, 0.05) is 0 Å². The number of rotatable bonds is 4. The Kier molecular flexibility index (Phi) is 2.68. The molecule has 5 nitrogen and oxygen atoms in total. The predicted octanol–water partition coefficient (Wildman–Crippen LogP) is 1.18. The third-order valence-corrected chi connectivity index (χ3v) is 2.77. The van der Waals surface area contributed by atoms with Crippen LogP contribution in [0.25, 0.3) is 0 Å². The maximum absolute atomic E-state index is 11.6. The summed E-state index contributed by atoms with van der Waals surface area (Å²) < 4.78 is 5.14. The van der Waals surface area contributed by atoms with Crippen molar-refractivity contribution in [2.75, 3.05) is 0 Å². The van der Waals surface area contributed by atoms with E-state index in [1.165, 1.54) is 6.26 Å². The molecule has 2 rings (SSSR count). The lowest BCUT2D eigenvalue weighted by Crippen LogP contribution is -2.28. The molecule has 0 radical (unpaired) electrons. The van der Waals surface area contributed by atoms with Crippen molar-refractivity contribution in [3.63, 3.8) is 0 Å². The fraction of sp³-hybridized carbons (Fsp3) is 0.455.